The summed E-state index contributed by atoms with van der Waals surface area (Å²) in [4.78, 5) is 7.13. The lowest BCUT2D eigenvalue weighted by molar-refractivity contribution is 0.622. The Labute approximate surface area is 275 Å². The van der Waals surface area contributed by atoms with Crippen LogP contribution in [0.4, 0.5) is 17.1 Å². The van der Waals surface area contributed by atoms with Crippen molar-refractivity contribution in [3.05, 3.63) is 164 Å². The van der Waals surface area contributed by atoms with E-state index in [1.54, 1.807) is 0 Å². The van der Waals surface area contributed by atoms with Gasteiger partial charge in [0, 0.05) is 44.9 Å². The minimum atomic E-state index is 0.598. The number of hydrogen-bond donors (Lipinski definition) is 0. The molecule has 0 atom stereocenters. The highest BCUT2D eigenvalue weighted by Crippen LogP contribution is 2.45. The predicted molar refractivity (Wildman–Crippen MR) is 196 cm³/mol. The van der Waals surface area contributed by atoms with Gasteiger partial charge in [0.05, 0.1) is 22.1 Å². The second-order valence-corrected chi connectivity index (χ2v) is 12.0. The first-order valence-corrected chi connectivity index (χ1v) is 16.1. The zero-order valence-electron chi connectivity index (χ0n) is 25.7. The fourth-order valence-corrected chi connectivity index (χ4v) is 7.11. The molecule has 0 bridgehead atoms. The van der Waals surface area contributed by atoms with Gasteiger partial charge in [-0.15, -0.1) is 0 Å². The minimum Gasteiger partial charge on any atom is -0.456 e. The first-order chi connectivity index (χ1) is 23.8. The number of fused-ring (bicyclic) bond motifs is 8. The maximum atomic E-state index is 6.55. The van der Waals surface area contributed by atoms with E-state index in [1.807, 2.05) is 42.5 Å². The Morgan fingerprint density at radius 3 is 2.08 bits per heavy atom. The summed E-state index contributed by atoms with van der Waals surface area (Å²) in [6.07, 6.45) is 0. The molecule has 3 aromatic heterocycles. The molecule has 0 aliphatic carbocycles. The Morgan fingerprint density at radius 1 is 0.521 bits per heavy atom. The van der Waals surface area contributed by atoms with Gasteiger partial charge in [-0.2, -0.15) is 0 Å². The van der Waals surface area contributed by atoms with Gasteiger partial charge in [-0.1, -0.05) is 84.9 Å². The van der Waals surface area contributed by atoms with Crippen LogP contribution in [-0.2, 0) is 0 Å². The lowest BCUT2D eigenvalue weighted by atomic mass is 10.1. The number of rotatable bonds is 5. The molecule has 0 unspecified atom stereocenters. The van der Waals surface area contributed by atoms with Crippen LogP contribution < -0.4 is 4.90 Å². The highest BCUT2D eigenvalue weighted by Gasteiger charge is 2.23. The third-order valence-electron chi connectivity index (χ3n) is 9.20. The molecule has 5 heteroatoms. The smallest absolute Gasteiger partial charge is 0.227 e. The second kappa shape index (κ2) is 10.5. The Bertz CT molecular complexity index is 2780. The first kappa shape index (κ1) is 26.6. The number of oxazole rings is 1. The van der Waals surface area contributed by atoms with Crippen molar-refractivity contribution in [3.63, 3.8) is 0 Å². The van der Waals surface area contributed by atoms with Gasteiger partial charge in [-0.3, -0.25) is 0 Å². The van der Waals surface area contributed by atoms with Crippen LogP contribution in [0.1, 0.15) is 0 Å². The first-order valence-electron chi connectivity index (χ1n) is 16.1. The van der Waals surface area contributed by atoms with Gasteiger partial charge in [0.1, 0.15) is 16.7 Å². The van der Waals surface area contributed by atoms with E-state index in [1.165, 1.54) is 10.8 Å². The molecule has 226 valence electrons. The van der Waals surface area contributed by atoms with Crippen LogP contribution in [0.5, 0.6) is 0 Å². The molecule has 0 aliphatic rings. The molecular formula is C43H27N3O2. The Morgan fingerprint density at radius 2 is 1.25 bits per heavy atom. The monoisotopic (exact) mass is 617 g/mol. The van der Waals surface area contributed by atoms with Crippen molar-refractivity contribution in [1.29, 1.82) is 0 Å². The summed E-state index contributed by atoms with van der Waals surface area (Å²) in [5.41, 5.74) is 10.5. The quantitative estimate of drug-likeness (QED) is 0.193. The van der Waals surface area contributed by atoms with Crippen molar-refractivity contribution in [1.82, 2.24) is 9.55 Å². The van der Waals surface area contributed by atoms with E-state index in [2.05, 4.69) is 131 Å². The average molecular weight is 618 g/mol. The maximum Gasteiger partial charge on any atom is 0.227 e. The zero-order valence-corrected chi connectivity index (χ0v) is 25.7. The molecule has 0 saturated carbocycles. The SMILES string of the molecule is c1ccc(-c2nc3ccc4oc5cc(N(c6ccccc6)c6cccc7c8ccccc8n(-c8ccccc8)c67)ccc5c4c3o2)cc1. The van der Waals surface area contributed by atoms with Crippen LogP contribution in [0.25, 0.3) is 72.0 Å². The van der Waals surface area contributed by atoms with E-state index in [-0.39, 0.29) is 0 Å². The van der Waals surface area contributed by atoms with Crippen molar-refractivity contribution in [2.45, 2.75) is 0 Å². The highest BCUT2D eigenvalue weighted by molar-refractivity contribution is 6.18. The van der Waals surface area contributed by atoms with Crippen molar-refractivity contribution < 1.29 is 8.83 Å². The van der Waals surface area contributed by atoms with E-state index in [0.29, 0.717) is 5.89 Å². The Kier molecular flexibility index (Phi) is 5.81. The van der Waals surface area contributed by atoms with Crippen LogP contribution in [0.15, 0.2) is 173 Å². The lowest BCUT2D eigenvalue weighted by Crippen LogP contribution is -2.11. The van der Waals surface area contributed by atoms with E-state index in [0.717, 1.165) is 72.4 Å². The fourth-order valence-electron chi connectivity index (χ4n) is 7.11. The topological polar surface area (TPSA) is 47.3 Å². The van der Waals surface area contributed by atoms with E-state index in [9.17, 15) is 0 Å². The van der Waals surface area contributed by atoms with Crippen LogP contribution in [0.3, 0.4) is 0 Å². The molecule has 0 radical (unpaired) electrons. The van der Waals surface area contributed by atoms with Crippen molar-refractivity contribution >= 4 is 71.9 Å². The average Bonchev–Trinajstić information content (AvgIpc) is 3.85. The zero-order chi connectivity index (χ0) is 31.6. The standard InChI is InChI=1S/C43H27N3O2/c1-4-13-28(14-5-1)43-44-35-25-26-38-40(42(35)48-43)34-24-23-31(27-39(34)47-38)45(29-15-6-2-7-16-29)37-22-12-20-33-32-19-10-11-21-36(32)46(41(33)37)30-17-8-3-9-18-30/h1-27H. The molecule has 0 N–H and O–H groups in total. The molecule has 48 heavy (non-hydrogen) atoms. The number of benzene rings is 7. The molecule has 10 rings (SSSR count). The predicted octanol–water partition coefficient (Wildman–Crippen LogP) is 12.0. The number of aromatic nitrogens is 2. The van der Waals surface area contributed by atoms with E-state index in [4.69, 9.17) is 13.8 Å². The lowest BCUT2D eigenvalue weighted by Gasteiger charge is -2.27. The van der Waals surface area contributed by atoms with E-state index < -0.39 is 0 Å². The summed E-state index contributed by atoms with van der Waals surface area (Å²) in [5, 5.41) is 4.32. The molecule has 3 heterocycles. The summed E-state index contributed by atoms with van der Waals surface area (Å²) in [5.74, 6) is 0.598. The molecule has 0 spiro atoms. The summed E-state index contributed by atoms with van der Waals surface area (Å²) < 4.78 is 15.3. The maximum absolute atomic E-state index is 6.55. The second-order valence-electron chi connectivity index (χ2n) is 12.0. The summed E-state index contributed by atoms with van der Waals surface area (Å²) >= 11 is 0. The Hall–Kier alpha value is -6.59. The van der Waals surface area contributed by atoms with Gasteiger partial charge >= 0.3 is 0 Å². The van der Waals surface area contributed by atoms with Crippen LogP contribution in [-0.4, -0.2) is 9.55 Å². The molecular weight excluding hydrogens is 590 g/mol. The van der Waals surface area contributed by atoms with Gasteiger partial charge in [0.2, 0.25) is 5.89 Å². The molecule has 10 aromatic rings. The van der Waals surface area contributed by atoms with Crippen molar-refractivity contribution in [2.75, 3.05) is 4.90 Å². The largest absolute Gasteiger partial charge is 0.456 e. The molecule has 5 nitrogen and oxygen atoms in total. The molecule has 0 saturated heterocycles. The summed E-state index contributed by atoms with van der Waals surface area (Å²) in [6.45, 7) is 0. The third-order valence-corrected chi connectivity index (χ3v) is 9.20. The molecule has 0 fully saturated rings. The van der Waals surface area contributed by atoms with Crippen LogP contribution >= 0.6 is 0 Å². The molecule has 0 amide bonds. The summed E-state index contributed by atoms with van der Waals surface area (Å²) in [6, 6.07) is 56.7. The van der Waals surface area contributed by atoms with Gasteiger partial charge in [0.25, 0.3) is 0 Å². The highest BCUT2D eigenvalue weighted by atomic mass is 16.4. The van der Waals surface area contributed by atoms with Crippen LogP contribution in [0, 0.1) is 0 Å². The Balaban J connectivity index is 1.22. The number of furan rings is 1. The van der Waals surface area contributed by atoms with Gasteiger partial charge in [-0.05, 0) is 72.8 Å². The fraction of sp³-hybridized carbons (Fsp3) is 0. The number of hydrogen-bond acceptors (Lipinski definition) is 4. The third kappa shape index (κ3) is 4.01. The van der Waals surface area contributed by atoms with Gasteiger partial charge in [-0.25, -0.2) is 4.98 Å². The van der Waals surface area contributed by atoms with E-state index >= 15 is 0 Å². The minimum absolute atomic E-state index is 0.598. The number of para-hydroxylation sites is 4. The number of anilines is 3. The van der Waals surface area contributed by atoms with Crippen molar-refractivity contribution in [2.24, 2.45) is 0 Å². The summed E-state index contributed by atoms with van der Waals surface area (Å²) in [7, 11) is 0. The number of nitrogens with zero attached hydrogens (tertiary/aromatic N) is 3. The van der Waals surface area contributed by atoms with Gasteiger partial charge in [0.15, 0.2) is 5.58 Å². The molecule has 0 aliphatic heterocycles. The van der Waals surface area contributed by atoms with Crippen LogP contribution in [0.2, 0.25) is 0 Å². The molecule has 7 aromatic carbocycles. The van der Waals surface area contributed by atoms with Gasteiger partial charge < -0.3 is 18.3 Å². The normalized spacial score (nSPS) is 11.8. The van der Waals surface area contributed by atoms with Crippen molar-refractivity contribution in [3.8, 4) is 17.1 Å².